The first-order chi connectivity index (χ1) is 7.58. The molecule has 0 aliphatic carbocycles. The van der Waals surface area contributed by atoms with Crippen LogP contribution in [0, 0.1) is 10.7 Å². The lowest BCUT2D eigenvalue weighted by molar-refractivity contribution is -0.124. The molecule has 1 rings (SSSR count). The maximum absolute atomic E-state index is 12.0. The number of likely N-dealkylation sites (N-methyl/N-ethyl adjacent to an activating group) is 1. The van der Waals surface area contributed by atoms with Crippen LogP contribution in [0.4, 0.5) is 0 Å². The van der Waals surface area contributed by atoms with Crippen molar-refractivity contribution in [2.75, 3.05) is 7.05 Å². The fourth-order valence-corrected chi connectivity index (χ4v) is 1.78. The predicted molar refractivity (Wildman–Crippen MR) is 67.0 cm³/mol. The monoisotopic (exact) mass is 241 g/mol. The van der Waals surface area contributed by atoms with E-state index in [-0.39, 0.29) is 17.7 Å². The van der Waals surface area contributed by atoms with E-state index in [9.17, 15) is 4.79 Å². The first-order valence-electron chi connectivity index (χ1n) is 5.56. The third-order valence-electron chi connectivity index (χ3n) is 2.87. The van der Waals surface area contributed by atoms with Crippen molar-refractivity contribution in [2.24, 2.45) is 5.92 Å². The quantitative estimate of drug-likeness (QED) is 0.666. The second-order valence-corrected chi connectivity index (χ2v) is 4.43. The number of aromatic nitrogens is 2. The Morgan fingerprint density at radius 3 is 2.75 bits per heavy atom. The van der Waals surface area contributed by atoms with Gasteiger partial charge in [-0.1, -0.05) is 13.8 Å². The summed E-state index contributed by atoms with van der Waals surface area (Å²) in [4.78, 5) is 17.9. The molecule has 0 amide bonds. The molecule has 0 aliphatic heterocycles. The molecule has 4 nitrogen and oxygen atoms in total. The molecule has 1 aromatic heterocycles. The van der Waals surface area contributed by atoms with Crippen LogP contribution in [-0.4, -0.2) is 28.8 Å². The number of rotatable bonds is 6. The molecular weight excluding hydrogens is 222 g/mol. The van der Waals surface area contributed by atoms with Gasteiger partial charge in [-0.05, 0) is 25.7 Å². The number of Topliss-reactive ketones (excluding diaryl/α,β-unsaturated/α-hetero) is 1. The number of aromatic amines is 2. The Morgan fingerprint density at radius 2 is 2.31 bits per heavy atom. The number of imidazole rings is 1. The molecule has 3 N–H and O–H groups in total. The molecule has 0 aromatic carbocycles. The molecule has 0 spiro atoms. The molecule has 0 fully saturated rings. The van der Waals surface area contributed by atoms with Gasteiger partial charge in [-0.2, -0.15) is 0 Å². The van der Waals surface area contributed by atoms with Crippen molar-refractivity contribution >= 4 is 18.0 Å². The molecule has 1 heterocycles. The van der Waals surface area contributed by atoms with Crippen molar-refractivity contribution in [3.63, 3.8) is 0 Å². The highest BCUT2D eigenvalue weighted by atomic mass is 32.1. The maximum Gasteiger partial charge on any atom is 0.174 e. The van der Waals surface area contributed by atoms with Crippen molar-refractivity contribution in [2.45, 2.75) is 32.7 Å². The molecule has 0 bridgehead atoms. The standard InChI is InChI=1S/C11H19N3OS/c1-4-7(2)10(15)9(12-3)5-8-6-13-11(16)14-8/h6-7,9,12H,4-5H2,1-3H3,(H2,13,14,16)/t7?,9-/m0/s1. The third-order valence-corrected chi connectivity index (χ3v) is 3.09. The van der Waals surface area contributed by atoms with Crippen LogP contribution in [0.15, 0.2) is 6.20 Å². The van der Waals surface area contributed by atoms with E-state index in [0.717, 1.165) is 12.1 Å². The molecule has 90 valence electrons. The number of H-pyrrole nitrogens is 2. The van der Waals surface area contributed by atoms with Crippen molar-refractivity contribution in [3.05, 3.63) is 16.7 Å². The highest BCUT2D eigenvalue weighted by Crippen LogP contribution is 2.09. The minimum atomic E-state index is -0.142. The van der Waals surface area contributed by atoms with Crippen molar-refractivity contribution in [1.82, 2.24) is 15.3 Å². The molecule has 5 heteroatoms. The Bertz CT molecular complexity index is 396. The normalized spacial score (nSPS) is 14.7. The molecular formula is C11H19N3OS. The Balaban J connectivity index is 2.68. The van der Waals surface area contributed by atoms with Gasteiger partial charge in [0.1, 0.15) is 0 Å². The van der Waals surface area contributed by atoms with Crippen LogP contribution in [0.1, 0.15) is 26.0 Å². The summed E-state index contributed by atoms with van der Waals surface area (Å²) in [7, 11) is 1.81. The summed E-state index contributed by atoms with van der Waals surface area (Å²) in [5, 5.41) is 3.06. The van der Waals surface area contributed by atoms with Gasteiger partial charge in [0.25, 0.3) is 0 Å². The van der Waals surface area contributed by atoms with Gasteiger partial charge in [-0.15, -0.1) is 0 Å². The lowest BCUT2D eigenvalue weighted by atomic mass is 9.95. The van der Waals surface area contributed by atoms with E-state index >= 15 is 0 Å². The topological polar surface area (TPSA) is 60.7 Å². The van der Waals surface area contributed by atoms with Gasteiger partial charge in [-0.3, -0.25) is 4.79 Å². The fraction of sp³-hybridized carbons (Fsp3) is 0.636. The zero-order valence-corrected chi connectivity index (χ0v) is 10.8. The SMILES string of the molecule is CCC(C)C(=O)[C@H](Cc1c[nH]c(=S)[nH]1)NC. The third kappa shape index (κ3) is 3.28. The van der Waals surface area contributed by atoms with Gasteiger partial charge in [0.15, 0.2) is 10.6 Å². The number of hydrogen-bond donors (Lipinski definition) is 3. The largest absolute Gasteiger partial charge is 0.337 e. The number of ketones is 1. The van der Waals surface area contributed by atoms with Crippen molar-refractivity contribution in [3.8, 4) is 0 Å². The molecule has 0 saturated carbocycles. The fourth-order valence-electron chi connectivity index (χ4n) is 1.59. The first-order valence-corrected chi connectivity index (χ1v) is 5.96. The Labute approximate surface area is 101 Å². The van der Waals surface area contributed by atoms with Crippen LogP contribution in [0.25, 0.3) is 0 Å². The summed E-state index contributed by atoms with van der Waals surface area (Å²) in [6.07, 6.45) is 3.34. The average molecular weight is 241 g/mol. The predicted octanol–water partition coefficient (Wildman–Crippen LogP) is 1.82. The molecule has 2 atom stereocenters. The van der Waals surface area contributed by atoms with Crippen molar-refractivity contribution in [1.29, 1.82) is 0 Å². The van der Waals surface area contributed by atoms with E-state index < -0.39 is 0 Å². The summed E-state index contributed by atoms with van der Waals surface area (Å²) in [6.45, 7) is 3.99. The van der Waals surface area contributed by atoms with Crippen LogP contribution in [0.5, 0.6) is 0 Å². The van der Waals surface area contributed by atoms with Gasteiger partial charge >= 0.3 is 0 Å². The van der Waals surface area contributed by atoms with E-state index in [1.807, 2.05) is 27.1 Å². The van der Waals surface area contributed by atoms with Crippen LogP contribution >= 0.6 is 12.2 Å². The Hall–Kier alpha value is -0.940. The van der Waals surface area contributed by atoms with E-state index in [2.05, 4.69) is 15.3 Å². The molecule has 0 radical (unpaired) electrons. The van der Waals surface area contributed by atoms with Crippen LogP contribution in [0.2, 0.25) is 0 Å². The van der Waals surface area contributed by atoms with Crippen LogP contribution in [0.3, 0.4) is 0 Å². The first kappa shape index (κ1) is 13.1. The minimum Gasteiger partial charge on any atom is -0.337 e. The summed E-state index contributed by atoms with van der Waals surface area (Å²) in [6, 6.07) is -0.142. The van der Waals surface area contributed by atoms with E-state index in [1.165, 1.54) is 0 Å². The smallest absolute Gasteiger partial charge is 0.174 e. The van der Waals surface area contributed by atoms with Crippen molar-refractivity contribution < 1.29 is 4.79 Å². The number of hydrogen-bond acceptors (Lipinski definition) is 3. The van der Waals surface area contributed by atoms with E-state index in [4.69, 9.17) is 12.2 Å². The summed E-state index contributed by atoms with van der Waals surface area (Å²) >= 11 is 4.95. The van der Waals surface area contributed by atoms with Gasteiger partial charge in [0, 0.05) is 24.2 Å². The molecule has 16 heavy (non-hydrogen) atoms. The van der Waals surface area contributed by atoms with Gasteiger partial charge in [0.05, 0.1) is 6.04 Å². The van der Waals surface area contributed by atoms with Gasteiger partial charge in [-0.25, -0.2) is 0 Å². The van der Waals surface area contributed by atoms with Crippen LogP contribution < -0.4 is 5.32 Å². The molecule has 1 unspecified atom stereocenters. The zero-order valence-electron chi connectivity index (χ0n) is 9.96. The highest BCUT2D eigenvalue weighted by Gasteiger charge is 2.21. The summed E-state index contributed by atoms with van der Waals surface area (Å²) in [5.41, 5.74) is 0.959. The summed E-state index contributed by atoms with van der Waals surface area (Å²) in [5.74, 6) is 0.352. The molecule has 0 aliphatic rings. The second-order valence-electron chi connectivity index (χ2n) is 4.03. The molecule has 0 saturated heterocycles. The average Bonchev–Trinajstić information content (AvgIpc) is 2.69. The van der Waals surface area contributed by atoms with E-state index in [0.29, 0.717) is 11.2 Å². The number of carbonyl (C=O) groups is 1. The lowest BCUT2D eigenvalue weighted by Gasteiger charge is -2.17. The number of nitrogens with one attached hydrogen (secondary N) is 3. The number of carbonyl (C=O) groups excluding carboxylic acids is 1. The van der Waals surface area contributed by atoms with Gasteiger partial charge < -0.3 is 15.3 Å². The highest BCUT2D eigenvalue weighted by molar-refractivity contribution is 7.71. The Morgan fingerprint density at radius 1 is 1.62 bits per heavy atom. The summed E-state index contributed by atoms with van der Waals surface area (Å²) < 4.78 is 0.598. The minimum absolute atomic E-state index is 0.0966. The van der Waals surface area contributed by atoms with E-state index in [1.54, 1.807) is 0 Å². The Kier molecular flexibility index (Phi) is 4.89. The molecule has 1 aromatic rings. The van der Waals surface area contributed by atoms with Gasteiger partial charge in [0.2, 0.25) is 0 Å². The second kappa shape index (κ2) is 5.96. The lowest BCUT2D eigenvalue weighted by Crippen LogP contribution is -2.39. The van der Waals surface area contributed by atoms with Crippen LogP contribution in [-0.2, 0) is 11.2 Å². The zero-order chi connectivity index (χ0) is 12.1. The maximum atomic E-state index is 12.0.